The zero-order chi connectivity index (χ0) is 14.5. The minimum atomic E-state index is 0.455. The first-order valence-corrected chi connectivity index (χ1v) is 7.80. The number of rotatable bonds is 5. The molecule has 1 saturated heterocycles. The van der Waals surface area contributed by atoms with Crippen molar-refractivity contribution in [3.63, 3.8) is 0 Å². The van der Waals surface area contributed by atoms with Gasteiger partial charge >= 0.3 is 0 Å². The summed E-state index contributed by atoms with van der Waals surface area (Å²) in [5.74, 6) is 0.903. The number of aromatic nitrogens is 1. The monoisotopic (exact) mass is 285 g/mol. The molecule has 1 aromatic heterocycles. The molecular formula is C17H23N3O. The minimum Gasteiger partial charge on any atom is -0.491 e. The van der Waals surface area contributed by atoms with Crippen LogP contribution in [0, 0.1) is 0 Å². The topological polar surface area (TPSA) is 51.4 Å². The van der Waals surface area contributed by atoms with Crippen LogP contribution >= 0.6 is 0 Å². The maximum Gasteiger partial charge on any atom is 0.134 e. The summed E-state index contributed by atoms with van der Waals surface area (Å²) in [7, 11) is 0. The van der Waals surface area contributed by atoms with Crippen LogP contribution in [-0.4, -0.2) is 36.1 Å². The summed E-state index contributed by atoms with van der Waals surface area (Å²) in [6, 6.07) is 8.07. The van der Waals surface area contributed by atoms with E-state index >= 15 is 0 Å². The van der Waals surface area contributed by atoms with Crippen LogP contribution in [0.5, 0.6) is 5.75 Å². The number of fused-ring (bicyclic) bond motifs is 1. The fraction of sp³-hybridized carbons (Fsp3) is 0.471. The second-order valence-corrected chi connectivity index (χ2v) is 5.58. The van der Waals surface area contributed by atoms with E-state index in [0.717, 1.165) is 28.8 Å². The third-order valence-electron chi connectivity index (χ3n) is 4.12. The maximum atomic E-state index is 6.08. The third kappa shape index (κ3) is 3.34. The Labute approximate surface area is 125 Å². The summed E-state index contributed by atoms with van der Waals surface area (Å²) in [6.07, 6.45) is 5.82. The molecule has 4 nitrogen and oxygen atoms in total. The number of nitrogens with zero attached hydrogens (tertiary/aromatic N) is 2. The number of likely N-dealkylation sites (tertiary alicyclic amines) is 1. The Bertz CT molecular complexity index is 594. The van der Waals surface area contributed by atoms with Gasteiger partial charge in [-0.05, 0) is 38.1 Å². The molecule has 0 saturated carbocycles. The third-order valence-corrected chi connectivity index (χ3v) is 4.12. The lowest BCUT2D eigenvalue weighted by molar-refractivity contribution is 0.183. The number of benzene rings is 1. The zero-order valence-corrected chi connectivity index (χ0v) is 12.4. The van der Waals surface area contributed by atoms with Crippen molar-refractivity contribution in [2.45, 2.75) is 25.8 Å². The second kappa shape index (κ2) is 6.87. The van der Waals surface area contributed by atoms with Crippen LogP contribution in [0.1, 0.15) is 24.8 Å². The van der Waals surface area contributed by atoms with Crippen molar-refractivity contribution >= 4 is 10.9 Å². The summed E-state index contributed by atoms with van der Waals surface area (Å²) >= 11 is 0. The first kappa shape index (κ1) is 14.3. The normalized spacial score (nSPS) is 16.2. The molecule has 3 rings (SSSR count). The predicted octanol–water partition coefficient (Wildman–Crippen LogP) is 2.56. The Morgan fingerprint density at radius 1 is 1.14 bits per heavy atom. The molecule has 2 heterocycles. The van der Waals surface area contributed by atoms with Crippen molar-refractivity contribution in [3.8, 4) is 5.75 Å². The Kier molecular flexibility index (Phi) is 4.68. The number of piperidine rings is 1. The average molecular weight is 285 g/mol. The molecule has 2 aromatic rings. The van der Waals surface area contributed by atoms with Gasteiger partial charge in [-0.25, -0.2) is 0 Å². The molecule has 0 atom stereocenters. The molecule has 2 N–H and O–H groups in total. The minimum absolute atomic E-state index is 0.455. The van der Waals surface area contributed by atoms with Crippen LogP contribution in [0.4, 0.5) is 0 Å². The van der Waals surface area contributed by atoms with Crippen LogP contribution in [0.15, 0.2) is 30.5 Å². The Morgan fingerprint density at radius 2 is 1.95 bits per heavy atom. The molecule has 1 aliphatic heterocycles. The van der Waals surface area contributed by atoms with Crippen molar-refractivity contribution in [3.05, 3.63) is 36.0 Å². The maximum absolute atomic E-state index is 6.08. The molecule has 0 unspecified atom stereocenters. The van der Waals surface area contributed by atoms with Crippen LogP contribution in [0.3, 0.4) is 0 Å². The second-order valence-electron chi connectivity index (χ2n) is 5.58. The Morgan fingerprint density at radius 3 is 2.76 bits per heavy atom. The molecule has 0 aliphatic carbocycles. The van der Waals surface area contributed by atoms with Crippen molar-refractivity contribution in [2.24, 2.45) is 5.73 Å². The van der Waals surface area contributed by atoms with Crippen LogP contribution in [-0.2, 0) is 6.54 Å². The molecule has 0 spiro atoms. The number of hydrogen-bond donors (Lipinski definition) is 1. The number of pyridine rings is 1. The van der Waals surface area contributed by atoms with Gasteiger partial charge in [0.15, 0.2) is 0 Å². The standard InChI is InChI=1S/C17H23N3O/c18-12-14-13-19-16-7-3-2-6-15(16)17(14)21-11-10-20-8-4-1-5-9-20/h2-3,6-7,13H,1,4-5,8-12,18H2. The van der Waals surface area contributed by atoms with Crippen LogP contribution in [0.2, 0.25) is 0 Å². The highest BCUT2D eigenvalue weighted by molar-refractivity contribution is 5.86. The van der Waals surface area contributed by atoms with Crippen molar-refractivity contribution in [1.82, 2.24) is 9.88 Å². The van der Waals surface area contributed by atoms with Crippen LogP contribution in [0.25, 0.3) is 10.9 Å². The first-order valence-electron chi connectivity index (χ1n) is 7.80. The van der Waals surface area contributed by atoms with Crippen molar-refractivity contribution in [1.29, 1.82) is 0 Å². The smallest absolute Gasteiger partial charge is 0.134 e. The zero-order valence-electron chi connectivity index (χ0n) is 12.4. The lowest BCUT2D eigenvalue weighted by Gasteiger charge is -2.26. The van der Waals surface area contributed by atoms with E-state index in [4.69, 9.17) is 10.5 Å². The highest BCUT2D eigenvalue weighted by Crippen LogP contribution is 2.28. The lowest BCUT2D eigenvalue weighted by Crippen LogP contribution is -2.33. The van der Waals surface area contributed by atoms with E-state index in [1.807, 2.05) is 24.4 Å². The van der Waals surface area contributed by atoms with Gasteiger partial charge < -0.3 is 10.5 Å². The van der Waals surface area contributed by atoms with Crippen LogP contribution < -0.4 is 10.5 Å². The van der Waals surface area contributed by atoms with E-state index in [-0.39, 0.29) is 0 Å². The van der Waals surface area contributed by atoms with E-state index < -0.39 is 0 Å². The molecule has 0 bridgehead atoms. The molecule has 0 amide bonds. The largest absolute Gasteiger partial charge is 0.491 e. The molecule has 0 radical (unpaired) electrons. The summed E-state index contributed by atoms with van der Waals surface area (Å²) in [5.41, 5.74) is 7.77. The van der Waals surface area contributed by atoms with E-state index in [1.165, 1.54) is 32.4 Å². The molecule has 1 aliphatic rings. The number of nitrogens with two attached hydrogens (primary N) is 1. The molecule has 1 fully saturated rings. The van der Waals surface area contributed by atoms with Gasteiger partial charge in [0, 0.05) is 30.2 Å². The number of para-hydroxylation sites is 1. The number of ether oxygens (including phenoxy) is 1. The summed E-state index contributed by atoms with van der Waals surface area (Å²) in [6.45, 7) is 4.55. The highest BCUT2D eigenvalue weighted by atomic mass is 16.5. The van der Waals surface area contributed by atoms with Gasteiger partial charge in [0.1, 0.15) is 12.4 Å². The summed E-state index contributed by atoms with van der Waals surface area (Å²) < 4.78 is 6.08. The van der Waals surface area contributed by atoms with Gasteiger partial charge in [-0.2, -0.15) is 0 Å². The molecule has 4 heteroatoms. The molecule has 1 aromatic carbocycles. The fourth-order valence-corrected chi connectivity index (χ4v) is 2.93. The van der Waals surface area contributed by atoms with Crippen molar-refractivity contribution in [2.75, 3.05) is 26.2 Å². The molecular weight excluding hydrogens is 262 g/mol. The summed E-state index contributed by atoms with van der Waals surface area (Å²) in [4.78, 5) is 6.92. The Hall–Kier alpha value is -1.65. The quantitative estimate of drug-likeness (QED) is 0.917. The average Bonchev–Trinajstić information content (AvgIpc) is 2.56. The van der Waals surface area contributed by atoms with Gasteiger partial charge in [0.2, 0.25) is 0 Å². The SMILES string of the molecule is NCc1cnc2ccccc2c1OCCN1CCCCC1. The van der Waals surface area contributed by atoms with Gasteiger partial charge in [0.25, 0.3) is 0 Å². The summed E-state index contributed by atoms with van der Waals surface area (Å²) in [5, 5.41) is 1.05. The highest BCUT2D eigenvalue weighted by Gasteiger charge is 2.12. The molecule has 21 heavy (non-hydrogen) atoms. The fourth-order valence-electron chi connectivity index (χ4n) is 2.93. The van der Waals surface area contributed by atoms with E-state index in [2.05, 4.69) is 16.0 Å². The Balaban J connectivity index is 1.72. The predicted molar refractivity (Wildman–Crippen MR) is 85.4 cm³/mol. The van der Waals surface area contributed by atoms with Gasteiger partial charge in [-0.1, -0.05) is 18.6 Å². The van der Waals surface area contributed by atoms with Crippen molar-refractivity contribution < 1.29 is 4.74 Å². The first-order chi connectivity index (χ1) is 10.4. The van der Waals surface area contributed by atoms with E-state index in [0.29, 0.717) is 13.2 Å². The van der Waals surface area contributed by atoms with Gasteiger partial charge in [-0.15, -0.1) is 0 Å². The lowest BCUT2D eigenvalue weighted by atomic mass is 10.1. The van der Waals surface area contributed by atoms with Gasteiger partial charge in [-0.3, -0.25) is 9.88 Å². The molecule has 112 valence electrons. The van der Waals surface area contributed by atoms with Gasteiger partial charge in [0.05, 0.1) is 5.52 Å². The van der Waals surface area contributed by atoms with E-state index in [9.17, 15) is 0 Å². The number of hydrogen-bond acceptors (Lipinski definition) is 4. The van der Waals surface area contributed by atoms with E-state index in [1.54, 1.807) is 0 Å².